The molecule has 2 heteroatoms. The molecule has 1 atom stereocenters. The molecule has 1 unspecified atom stereocenters. The van der Waals surface area contributed by atoms with E-state index in [2.05, 4.69) is 47.4 Å². The van der Waals surface area contributed by atoms with Gasteiger partial charge in [-0.15, -0.1) is 6.42 Å². The number of fused-ring (bicyclic) bond motifs is 1. The summed E-state index contributed by atoms with van der Waals surface area (Å²) in [7, 11) is 0. The van der Waals surface area contributed by atoms with E-state index < -0.39 is 0 Å². The van der Waals surface area contributed by atoms with Crippen molar-refractivity contribution in [1.29, 1.82) is 0 Å². The molecule has 1 aromatic heterocycles. The Balaban J connectivity index is 2.15. The standard InChI is InChI=1S/C14H16N2/c1-3-13(4-2)16-10-12-7-5-6-11-8-9-15-14(11)12/h1,5-9,13,15-16H,4,10H2,2H3. The largest absolute Gasteiger partial charge is 0.361 e. The van der Waals surface area contributed by atoms with Crippen LogP contribution in [0, 0.1) is 12.3 Å². The third kappa shape index (κ3) is 2.10. The van der Waals surface area contributed by atoms with Crippen molar-refractivity contribution in [3.63, 3.8) is 0 Å². The molecule has 0 aliphatic rings. The fraction of sp³-hybridized carbons (Fsp3) is 0.286. The Labute approximate surface area is 96.1 Å². The lowest BCUT2D eigenvalue weighted by atomic mass is 10.1. The maximum atomic E-state index is 5.42. The highest BCUT2D eigenvalue weighted by Crippen LogP contribution is 2.16. The third-order valence-corrected chi connectivity index (χ3v) is 2.82. The Morgan fingerprint density at radius 2 is 2.31 bits per heavy atom. The molecule has 2 rings (SSSR count). The molecular formula is C14H16N2. The van der Waals surface area contributed by atoms with Crippen LogP contribution in [-0.2, 0) is 6.54 Å². The number of H-pyrrole nitrogens is 1. The molecule has 0 radical (unpaired) electrons. The monoisotopic (exact) mass is 212 g/mol. The zero-order valence-corrected chi connectivity index (χ0v) is 9.46. The van der Waals surface area contributed by atoms with Crippen LogP contribution in [0.4, 0.5) is 0 Å². The van der Waals surface area contributed by atoms with Crippen LogP contribution in [0.5, 0.6) is 0 Å². The molecule has 0 saturated heterocycles. The van der Waals surface area contributed by atoms with Crippen LogP contribution in [0.1, 0.15) is 18.9 Å². The number of rotatable bonds is 4. The first-order valence-electron chi connectivity index (χ1n) is 5.59. The topological polar surface area (TPSA) is 27.8 Å². The minimum atomic E-state index is 0.158. The number of para-hydroxylation sites is 1. The minimum Gasteiger partial charge on any atom is -0.361 e. The van der Waals surface area contributed by atoms with Crippen molar-refractivity contribution in [2.75, 3.05) is 0 Å². The molecule has 16 heavy (non-hydrogen) atoms. The van der Waals surface area contributed by atoms with Gasteiger partial charge in [-0.2, -0.15) is 0 Å². The first kappa shape index (κ1) is 10.8. The molecular weight excluding hydrogens is 196 g/mol. The third-order valence-electron chi connectivity index (χ3n) is 2.82. The first-order valence-corrected chi connectivity index (χ1v) is 5.59. The van der Waals surface area contributed by atoms with E-state index in [-0.39, 0.29) is 6.04 Å². The van der Waals surface area contributed by atoms with Gasteiger partial charge in [0.15, 0.2) is 0 Å². The Morgan fingerprint density at radius 3 is 3.06 bits per heavy atom. The number of terminal acetylenes is 1. The molecule has 82 valence electrons. The number of nitrogens with one attached hydrogen (secondary N) is 2. The number of aromatic amines is 1. The van der Waals surface area contributed by atoms with Crippen molar-refractivity contribution in [3.05, 3.63) is 36.0 Å². The summed E-state index contributed by atoms with van der Waals surface area (Å²) in [5.74, 6) is 2.74. The predicted molar refractivity (Wildman–Crippen MR) is 68.1 cm³/mol. The lowest BCUT2D eigenvalue weighted by Gasteiger charge is -2.11. The van der Waals surface area contributed by atoms with Crippen molar-refractivity contribution < 1.29 is 0 Å². The number of hydrogen-bond acceptors (Lipinski definition) is 1. The average molecular weight is 212 g/mol. The van der Waals surface area contributed by atoms with Crippen LogP contribution in [0.3, 0.4) is 0 Å². The number of hydrogen-bond donors (Lipinski definition) is 2. The fourth-order valence-corrected chi connectivity index (χ4v) is 1.85. The van der Waals surface area contributed by atoms with Crippen LogP contribution >= 0.6 is 0 Å². The van der Waals surface area contributed by atoms with E-state index in [1.807, 2.05) is 6.20 Å². The number of aromatic nitrogens is 1. The highest BCUT2D eigenvalue weighted by molar-refractivity contribution is 5.82. The van der Waals surface area contributed by atoms with Crippen LogP contribution in [-0.4, -0.2) is 11.0 Å². The van der Waals surface area contributed by atoms with Crippen LogP contribution in [0.25, 0.3) is 10.9 Å². The maximum Gasteiger partial charge on any atom is 0.0686 e. The normalized spacial score (nSPS) is 12.5. The second-order valence-electron chi connectivity index (χ2n) is 3.87. The van der Waals surface area contributed by atoms with E-state index in [0.29, 0.717) is 0 Å². The summed E-state index contributed by atoms with van der Waals surface area (Å²) in [6, 6.07) is 8.54. The van der Waals surface area contributed by atoms with Gasteiger partial charge in [0.25, 0.3) is 0 Å². The molecule has 0 aliphatic carbocycles. The molecule has 2 N–H and O–H groups in total. The Morgan fingerprint density at radius 1 is 1.44 bits per heavy atom. The van der Waals surface area contributed by atoms with Gasteiger partial charge in [-0.1, -0.05) is 31.0 Å². The zero-order valence-electron chi connectivity index (χ0n) is 9.46. The lowest BCUT2D eigenvalue weighted by Crippen LogP contribution is -2.26. The van der Waals surface area contributed by atoms with Gasteiger partial charge in [0.2, 0.25) is 0 Å². The fourth-order valence-electron chi connectivity index (χ4n) is 1.85. The molecule has 0 amide bonds. The van der Waals surface area contributed by atoms with Crippen molar-refractivity contribution in [2.45, 2.75) is 25.9 Å². The van der Waals surface area contributed by atoms with Gasteiger partial charge in [0, 0.05) is 18.3 Å². The first-order chi connectivity index (χ1) is 7.85. The Bertz CT molecular complexity index is 505. The molecule has 2 nitrogen and oxygen atoms in total. The smallest absolute Gasteiger partial charge is 0.0686 e. The van der Waals surface area contributed by atoms with E-state index in [1.54, 1.807) is 0 Å². The second kappa shape index (κ2) is 4.87. The van der Waals surface area contributed by atoms with E-state index in [1.165, 1.54) is 16.5 Å². The SMILES string of the molecule is C#CC(CC)NCc1cccc2cc[nH]c12. The summed E-state index contributed by atoms with van der Waals surface area (Å²) in [4.78, 5) is 3.26. The molecule has 0 saturated carbocycles. The van der Waals surface area contributed by atoms with Gasteiger partial charge >= 0.3 is 0 Å². The molecule has 2 aromatic rings. The van der Waals surface area contributed by atoms with Gasteiger partial charge < -0.3 is 4.98 Å². The maximum absolute atomic E-state index is 5.42. The molecule has 1 aromatic carbocycles. The molecule has 0 spiro atoms. The quantitative estimate of drug-likeness (QED) is 0.749. The van der Waals surface area contributed by atoms with Crippen LogP contribution in [0.2, 0.25) is 0 Å². The molecule has 1 heterocycles. The Hall–Kier alpha value is -1.72. The van der Waals surface area contributed by atoms with E-state index in [0.717, 1.165) is 13.0 Å². The van der Waals surface area contributed by atoms with E-state index in [9.17, 15) is 0 Å². The summed E-state index contributed by atoms with van der Waals surface area (Å²) in [6.07, 6.45) is 8.34. The van der Waals surface area contributed by atoms with Crippen molar-refractivity contribution in [2.24, 2.45) is 0 Å². The zero-order chi connectivity index (χ0) is 11.4. The highest BCUT2D eigenvalue weighted by Gasteiger charge is 2.04. The number of benzene rings is 1. The van der Waals surface area contributed by atoms with Crippen molar-refractivity contribution in [1.82, 2.24) is 10.3 Å². The molecule has 0 fully saturated rings. The van der Waals surface area contributed by atoms with Gasteiger partial charge in [-0.05, 0) is 23.4 Å². The minimum absolute atomic E-state index is 0.158. The predicted octanol–water partition coefficient (Wildman–Crippen LogP) is 2.67. The van der Waals surface area contributed by atoms with Gasteiger partial charge in [0.05, 0.1) is 6.04 Å². The van der Waals surface area contributed by atoms with Gasteiger partial charge in [0.1, 0.15) is 0 Å². The average Bonchev–Trinajstić information content (AvgIpc) is 2.79. The van der Waals surface area contributed by atoms with E-state index in [4.69, 9.17) is 6.42 Å². The summed E-state index contributed by atoms with van der Waals surface area (Å²) in [6.45, 7) is 2.90. The van der Waals surface area contributed by atoms with E-state index >= 15 is 0 Å². The summed E-state index contributed by atoms with van der Waals surface area (Å²) < 4.78 is 0. The summed E-state index contributed by atoms with van der Waals surface area (Å²) in [5, 5.41) is 4.60. The highest BCUT2D eigenvalue weighted by atomic mass is 14.9. The Kier molecular flexibility index (Phi) is 3.28. The molecule has 0 bridgehead atoms. The summed E-state index contributed by atoms with van der Waals surface area (Å²) >= 11 is 0. The van der Waals surface area contributed by atoms with Crippen LogP contribution in [0.15, 0.2) is 30.5 Å². The summed E-state index contributed by atoms with van der Waals surface area (Å²) in [5.41, 5.74) is 2.46. The van der Waals surface area contributed by atoms with Gasteiger partial charge in [-0.25, -0.2) is 0 Å². The van der Waals surface area contributed by atoms with Gasteiger partial charge in [-0.3, -0.25) is 5.32 Å². The second-order valence-corrected chi connectivity index (χ2v) is 3.87. The van der Waals surface area contributed by atoms with Crippen molar-refractivity contribution >= 4 is 10.9 Å². The molecule has 0 aliphatic heterocycles. The lowest BCUT2D eigenvalue weighted by molar-refractivity contribution is 0.594. The van der Waals surface area contributed by atoms with Crippen LogP contribution < -0.4 is 5.32 Å². The van der Waals surface area contributed by atoms with Crippen molar-refractivity contribution in [3.8, 4) is 12.3 Å².